The van der Waals surface area contributed by atoms with E-state index in [-0.39, 0.29) is 0 Å². The lowest BCUT2D eigenvalue weighted by atomic mass is 10.3. The van der Waals surface area contributed by atoms with Gasteiger partial charge in [0.25, 0.3) is 10.0 Å². The van der Waals surface area contributed by atoms with Crippen LogP contribution in [0.3, 0.4) is 0 Å². The molecule has 8 heteroatoms. The molecule has 0 atom stereocenters. The summed E-state index contributed by atoms with van der Waals surface area (Å²) >= 11 is 1.29. The third-order valence-electron chi connectivity index (χ3n) is 2.48. The van der Waals surface area contributed by atoms with E-state index in [2.05, 4.69) is 15.1 Å². The number of nitrogens with zero attached hydrogens (tertiary/aromatic N) is 2. The normalized spacial score (nSPS) is 11.7. The van der Waals surface area contributed by atoms with Crippen molar-refractivity contribution in [2.45, 2.75) is 10.6 Å². The van der Waals surface area contributed by atoms with Gasteiger partial charge >= 0.3 is 0 Å². The van der Waals surface area contributed by atoms with Crippen LogP contribution in [0.5, 0.6) is 0 Å². The molecule has 0 unspecified atom stereocenters. The second-order valence-corrected chi connectivity index (χ2v) is 7.16. The number of aryl methyl sites for hydroxylation is 1. The van der Waals surface area contributed by atoms with Gasteiger partial charge in [-0.15, -0.1) is 11.3 Å². The number of nitrogens with one attached hydrogen (secondary N) is 2. The Kier molecular flexibility index (Phi) is 4.23. The summed E-state index contributed by atoms with van der Waals surface area (Å²) in [5, 5.41) is 6.96. The molecular weight excluding hydrogens is 284 g/mol. The molecule has 2 N–H and O–H groups in total. The maximum atomic E-state index is 12.1. The molecule has 0 saturated carbocycles. The number of rotatable bonds is 6. The summed E-state index contributed by atoms with van der Waals surface area (Å²) in [4.78, 5) is 1.04. The molecule has 0 aliphatic rings. The third-order valence-corrected chi connectivity index (χ3v) is 5.50. The van der Waals surface area contributed by atoms with Crippen LogP contribution in [0, 0.1) is 0 Å². The fraction of sp³-hybridized carbons (Fsp3) is 0.364. The molecule has 0 amide bonds. The van der Waals surface area contributed by atoms with Crippen molar-refractivity contribution in [1.82, 2.24) is 15.1 Å². The minimum absolute atomic E-state index is 0.322. The van der Waals surface area contributed by atoms with Gasteiger partial charge in [-0.3, -0.25) is 9.40 Å². The number of anilines is 1. The molecule has 19 heavy (non-hydrogen) atoms. The minimum atomic E-state index is -3.51. The van der Waals surface area contributed by atoms with Crippen molar-refractivity contribution < 1.29 is 8.42 Å². The van der Waals surface area contributed by atoms with Crippen LogP contribution in [-0.2, 0) is 23.5 Å². The van der Waals surface area contributed by atoms with Crippen LogP contribution in [-0.4, -0.2) is 31.8 Å². The minimum Gasteiger partial charge on any atom is -0.319 e. The lowest BCUT2D eigenvalue weighted by molar-refractivity contribution is 0.603. The SMILES string of the molecule is CNCCc1ccc(S(=O)(=O)Nc2cnn(C)c2)s1. The third kappa shape index (κ3) is 3.55. The first-order valence-electron chi connectivity index (χ1n) is 5.76. The fourth-order valence-corrected chi connectivity index (χ4v) is 3.95. The van der Waals surface area contributed by atoms with Gasteiger partial charge in [-0.2, -0.15) is 5.10 Å². The molecule has 0 spiro atoms. The average molecular weight is 300 g/mol. The van der Waals surface area contributed by atoms with E-state index in [0.717, 1.165) is 17.8 Å². The molecule has 0 fully saturated rings. The van der Waals surface area contributed by atoms with Crippen LogP contribution in [0.4, 0.5) is 5.69 Å². The molecule has 2 rings (SSSR count). The predicted molar refractivity (Wildman–Crippen MR) is 76.0 cm³/mol. The van der Waals surface area contributed by atoms with Crippen LogP contribution in [0.15, 0.2) is 28.7 Å². The highest BCUT2D eigenvalue weighted by Gasteiger charge is 2.17. The Labute approximate surface area is 116 Å². The summed E-state index contributed by atoms with van der Waals surface area (Å²) in [6, 6.07) is 3.48. The van der Waals surface area contributed by atoms with Crippen molar-refractivity contribution in [3.8, 4) is 0 Å². The zero-order valence-corrected chi connectivity index (χ0v) is 12.4. The van der Waals surface area contributed by atoms with Crippen LogP contribution in [0.2, 0.25) is 0 Å². The zero-order chi connectivity index (χ0) is 13.9. The molecule has 2 aromatic heterocycles. The van der Waals surface area contributed by atoms with Crippen LogP contribution in [0.1, 0.15) is 4.88 Å². The van der Waals surface area contributed by atoms with Crippen LogP contribution < -0.4 is 10.0 Å². The zero-order valence-electron chi connectivity index (χ0n) is 10.8. The number of aromatic nitrogens is 2. The Hall–Kier alpha value is -1.38. The van der Waals surface area contributed by atoms with Crippen molar-refractivity contribution in [2.24, 2.45) is 7.05 Å². The molecule has 2 aromatic rings. The molecule has 2 heterocycles. The van der Waals surface area contributed by atoms with Gasteiger partial charge in [0.15, 0.2) is 0 Å². The number of thiophene rings is 1. The monoisotopic (exact) mass is 300 g/mol. The van der Waals surface area contributed by atoms with Crippen LogP contribution in [0.25, 0.3) is 0 Å². The summed E-state index contributed by atoms with van der Waals surface area (Å²) in [5.41, 5.74) is 0.465. The Morgan fingerprint density at radius 2 is 2.21 bits per heavy atom. The van der Waals surface area contributed by atoms with Gasteiger partial charge in [0.1, 0.15) is 4.21 Å². The largest absolute Gasteiger partial charge is 0.319 e. The molecular formula is C11H16N4O2S2. The number of likely N-dealkylation sites (N-methyl/N-ethyl adjacent to an activating group) is 1. The predicted octanol–water partition coefficient (Wildman–Crippen LogP) is 1.04. The highest BCUT2D eigenvalue weighted by Crippen LogP contribution is 2.24. The van der Waals surface area contributed by atoms with Gasteiger partial charge in [0.2, 0.25) is 0 Å². The lowest BCUT2D eigenvalue weighted by Gasteiger charge is -2.02. The van der Waals surface area contributed by atoms with E-state index in [4.69, 9.17) is 0 Å². The Morgan fingerprint density at radius 1 is 1.42 bits per heavy atom. The van der Waals surface area contributed by atoms with Crippen LogP contribution >= 0.6 is 11.3 Å². The average Bonchev–Trinajstić information content (AvgIpc) is 2.95. The van der Waals surface area contributed by atoms with E-state index in [1.165, 1.54) is 17.5 Å². The molecule has 6 nitrogen and oxygen atoms in total. The fourth-order valence-electron chi connectivity index (χ4n) is 1.56. The van der Waals surface area contributed by atoms with E-state index in [1.54, 1.807) is 24.0 Å². The highest BCUT2D eigenvalue weighted by atomic mass is 32.2. The number of sulfonamides is 1. The maximum absolute atomic E-state index is 12.1. The number of hydrogen-bond donors (Lipinski definition) is 2. The first kappa shape index (κ1) is 14.0. The molecule has 104 valence electrons. The topological polar surface area (TPSA) is 76.0 Å². The van der Waals surface area contributed by atoms with Crippen molar-refractivity contribution >= 4 is 27.0 Å². The standard InChI is InChI=1S/C11H16N4O2S2/c1-12-6-5-10-3-4-11(18-10)19(16,17)14-9-7-13-15(2)8-9/h3-4,7-8,12,14H,5-6H2,1-2H3. The summed E-state index contributed by atoms with van der Waals surface area (Å²) in [6.45, 7) is 0.829. The quantitative estimate of drug-likeness (QED) is 0.836. The van der Waals surface area contributed by atoms with E-state index in [9.17, 15) is 8.42 Å². The summed E-state index contributed by atoms with van der Waals surface area (Å²) in [5.74, 6) is 0. The molecule has 0 radical (unpaired) electrons. The second kappa shape index (κ2) is 5.72. The van der Waals surface area contributed by atoms with E-state index in [0.29, 0.717) is 9.90 Å². The summed E-state index contributed by atoms with van der Waals surface area (Å²) in [7, 11) is 0.0957. The van der Waals surface area contributed by atoms with E-state index in [1.807, 2.05) is 13.1 Å². The van der Waals surface area contributed by atoms with Gasteiger partial charge in [0, 0.05) is 18.1 Å². The molecule has 0 aromatic carbocycles. The van der Waals surface area contributed by atoms with E-state index >= 15 is 0 Å². The van der Waals surface area contributed by atoms with Crippen molar-refractivity contribution in [3.05, 3.63) is 29.4 Å². The summed E-state index contributed by atoms with van der Waals surface area (Å²) < 4.78 is 28.7. The molecule has 0 saturated heterocycles. The molecule has 0 bridgehead atoms. The Morgan fingerprint density at radius 3 is 2.84 bits per heavy atom. The Balaban J connectivity index is 2.13. The van der Waals surface area contributed by atoms with E-state index < -0.39 is 10.0 Å². The van der Waals surface area contributed by atoms with Gasteiger partial charge in [-0.05, 0) is 32.1 Å². The first-order valence-corrected chi connectivity index (χ1v) is 8.06. The van der Waals surface area contributed by atoms with Gasteiger partial charge in [0.05, 0.1) is 11.9 Å². The van der Waals surface area contributed by atoms with Gasteiger partial charge < -0.3 is 5.32 Å². The van der Waals surface area contributed by atoms with Crippen molar-refractivity contribution in [2.75, 3.05) is 18.3 Å². The van der Waals surface area contributed by atoms with Gasteiger partial charge in [-0.25, -0.2) is 8.42 Å². The molecule has 0 aliphatic carbocycles. The number of hydrogen-bond acceptors (Lipinski definition) is 5. The summed E-state index contributed by atoms with van der Waals surface area (Å²) in [6.07, 6.45) is 3.92. The van der Waals surface area contributed by atoms with Crippen molar-refractivity contribution in [1.29, 1.82) is 0 Å². The highest BCUT2D eigenvalue weighted by molar-refractivity contribution is 7.94. The Bertz CT molecular complexity index is 645. The first-order chi connectivity index (χ1) is 9.01. The molecule has 0 aliphatic heterocycles. The lowest BCUT2D eigenvalue weighted by Crippen LogP contribution is -2.11. The van der Waals surface area contributed by atoms with Gasteiger partial charge in [-0.1, -0.05) is 0 Å². The van der Waals surface area contributed by atoms with Crippen molar-refractivity contribution in [3.63, 3.8) is 0 Å². The second-order valence-electron chi connectivity index (χ2n) is 4.08. The maximum Gasteiger partial charge on any atom is 0.271 e. The smallest absolute Gasteiger partial charge is 0.271 e.